The molecule has 1 fully saturated rings. The van der Waals surface area contributed by atoms with Gasteiger partial charge >= 0.3 is 6.18 Å². The molecule has 4 rings (SSSR count). The minimum absolute atomic E-state index is 0.0383. The van der Waals surface area contributed by atoms with Crippen LogP contribution < -0.4 is 4.74 Å². The maximum absolute atomic E-state index is 13.9. The Kier molecular flexibility index (Phi) is 6.30. The summed E-state index contributed by atoms with van der Waals surface area (Å²) in [6.45, 7) is 2.50. The van der Waals surface area contributed by atoms with Gasteiger partial charge in [0.05, 0.1) is 29.6 Å². The first-order valence-corrected chi connectivity index (χ1v) is 10.4. The number of benzene rings is 1. The molecule has 7 nitrogen and oxygen atoms in total. The zero-order chi connectivity index (χ0) is 23.6. The van der Waals surface area contributed by atoms with E-state index in [4.69, 9.17) is 4.74 Å². The number of rotatable bonds is 5. The third-order valence-corrected chi connectivity index (χ3v) is 5.67. The second-order valence-corrected chi connectivity index (χ2v) is 7.86. The summed E-state index contributed by atoms with van der Waals surface area (Å²) in [6.07, 6.45) is 0.715. The number of carbonyl (C=O) groups excluding carboxylic acids is 1. The molecule has 1 aliphatic heterocycles. The van der Waals surface area contributed by atoms with Crippen LogP contribution in [-0.2, 0) is 6.18 Å². The molecule has 0 spiro atoms. The minimum atomic E-state index is -4.48. The number of amides is 1. The molecular formula is C22H21F4N5O2. The normalized spacial score (nSPS) is 18.9. The van der Waals surface area contributed by atoms with E-state index in [-0.39, 0.29) is 41.6 Å². The monoisotopic (exact) mass is 463 g/mol. The molecule has 3 heterocycles. The molecule has 3 aromatic rings. The Hall–Kier alpha value is -3.50. The van der Waals surface area contributed by atoms with Gasteiger partial charge in [0.15, 0.2) is 0 Å². The lowest BCUT2D eigenvalue weighted by Gasteiger charge is -2.40. The highest BCUT2D eigenvalue weighted by molar-refractivity contribution is 5.98. The number of piperidine rings is 1. The van der Waals surface area contributed by atoms with Crippen molar-refractivity contribution in [3.05, 3.63) is 65.9 Å². The molecule has 0 unspecified atom stereocenters. The lowest BCUT2D eigenvalue weighted by atomic mass is 9.90. The van der Waals surface area contributed by atoms with Crippen LogP contribution in [0.1, 0.15) is 35.7 Å². The van der Waals surface area contributed by atoms with E-state index in [0.717, 1.165) is 25.0 Å². The number of aromatic nitrogens is 4. The van der Waals surface area contributed by atoms with Crippen molar-refractivity contribution >= 4 is 5.91 Å². The average molecular weight is 463 g/mol. The van der Waals surface area contributed by atoms with Gasteiger partial charge in [-0.25, -0.2) is 9.37 Å². The van der Waals surface area contributed by atoms with Gasteiger partial charge < -0.3 is 9.64 Å². The summed E-state index contributed by atoms with van der Waals surface area (Å²) >= 11 is 0. The third-order valence-electron chi connectivity index (χ3n) is 5.67. The number of nitrogens with zero attached hydrogens (tertiary/aromatic N) is 5. The topological polar surface area (TPSA) is 73.1 Å². The number of pyridine rings is 1. The fraction of sp³-hybridized carbons (Fsp3) is 0.364. The Bertz CT molecular complexity index is 1100. The maximum atomic E-state index is 13.9. The summed E-state index contributed by atoms with van der Waals surface area (Å²) in [5.41, 5.74) is -0.416. The van der Waals surface area contributed by atoms with Crippen molar-refractivity contribution in [2.75, 3.05) is 13.2 Å². The van der Waals surface area contributed by atoms with Gasteiger partial charge in [-0.15, -0.1) is 0 Å². The van der Waals surface area contributed by atoms with Crippen molar-refractivity contribution in [3.63, 3.8) is 0 Å². The largest absolute Gasteiger partial charge is 0.475 e. The summed E-state index contributed by atoms with van der Waals surface area (Å²) in [7, 11) is 0. The zero-order valence-electron chi connectivity index (χ0n) is 17.7. The van der Waals surface area contributed by atoms with Gasteiger partial charge in [-0.3, -0.25) is 4.79 Å². The molecule has 33 heavy (non-hydrogen) atoms. The molecule has 11 heteroatoms. The first kappa shape index (κ1) is 22.7. The van der Waals surface area contributed by atoms with Crippen LogP contribution >= 0.6 is 0 Å². The van der Waals surface area contributed by atoms with E-state index in [9.17, 15) is 22.4 Å². The van der Waals surface area contributed by atoms with Crippen LogP contribution in [0.15, 0.2) is 48.9 Å². The van der Waals surface area contributed by atoms with E-state index >= 15 is 0 Å². The molecule has 0 bridgehead atoms. The van der Waals surface area contributed by atoms with Crippen molar-refractivity contribution < 1.29 is 27.1 Å². The Balaban J connectivity index is 1.55. The summed E-state index contributed by atoms with van der Waals surface area (Å²) in [6, 6.07) is 5.49. The lowest BCUT2D eigenvalue weighted by Crippen LogP contribution is -2.50. The third kappa shape index (κ3) is 4.96. The van der Waals surface area contributed by atoms with Crippen LogP contribution in [0.4, 0.5) is 17.6 Å². The number of hydrogen-bond acceptors (Lipinski definition) is 5. The maximum Gasteiger partial charge on any atom is 0.417 e. The molecule has 1 aliphatic rings. The molecule has 0 N–H and O–H groups in total. The van der Waals surface area contributed by atoms with Crippen LogP contribution in [0.5, 0.6) is 5.88 Å². The van der Waals surface area contributed by atoms with Crippen LogP contribution in [-0.4, -0.2) is 50.0 Å². The Labute approximate surface area is 187 Å². The summed E-state index contributed by atoms with van der Waals surface area (Å²) in [5, 5.41) is 8.01. The van der Waals surface area contributed by atoms with Gasteiger partial charge in [0.25, 0.3) is 5.91 Å². The van der Waals surface area contributed by atoms with Gasteiger partial charge in [0, 0.05) is 24.9 Å². The van der Waals surface area contributed by atoms with Crippen molar-refractivity contribution in [1.29, 1.82) is 0 Å². The van der Waals surface area contributed by atoms with E-state index < -0.39 is 17.6 Å². The molecule has 0 radical (unpaired) electrons. The second-order valence-electron chi connectivity index (χ2n) is 7.86. The van der Waals surface area contributed by atoms with Crippen LogP contribution in [0.25, 0.3) is 5.69 Å². The van der Waals surface area contributed by atoms with Crippen LogP contribution in [0, 0.1) is 11.7 Å². The Morgan fingerprint density at radius 2 is 1.94 bits per heavy atom. The highest BCUT2D eigenvalue weighted by Crippen LogP contribution is 2.30. The Morgan fingerprint density at radius 1 is 1.18 bits per heavy atom. The number of alkyl halides is 3. The van der Waals surface area contributed by atoms with Crippen molar-refractivity contribution in [2.45, 2.75) is 32.0 Å². The molecule has 1 saturated heterocycles. The van der Waals surface area contributed by atoms with Gasteiger partial charge in [0.1, 0.15) is 18.1 Å². The van der Waals surface area contributed by atoms with E-state index in [1.165, 1.54) is 35.4 Å². The predicted molar refractivity (Wildman–Crippen MR) is 109 cm³/mol. The zero-order valence-corrected chi connectivity index (χ0v) is 17.7. The number of hydrogen-bond donors (Lipinski definition) is 0. The van der Waals surface area contributed by atoms with Crippen LogP contribution in [0.3, 0.4) is 0 Å². The average Bonchev–Trinajstić information content (AvgIpc) is 3.32. The number of likely N-dealkylation sites (tertiary alicyclic amines) is 1. The van der Waals surface area contributed by atoms with Crippen molar-refractivity contribution in [2.24, 2.45) is 5.92 Å². The Morgan fingerprint density at radius 3 is 2.61 bits per heavy atom. The van der Waals surface area contributed by atoms with Gasteiger partial charge in [-0.1, -0.05) is 6.92 Å². The number of ether oxygens (including phenoxy) is 1. The summed E-state index contributed by atoms with van der Waals surface area (Å²) in [4.78, 5) is 20.1. The summed E-state index contributed by atoms with van der Waals surface area (Å²) < 4.78 is 57.8. The molecular weight excluding hydrogens is 442 g/mol. The molecule has 1 amide bonds. The van der Waals surface area contributed by atoms with E-state index in [2.05, 4.69) is 15.2 Å². The number of halogens is 4. The quantitative estimate of drug-likeness (QED) is 0.532. The van der Waals surface area contributed by atoms with E-state index in [1.54, 1.807) is 4.90 Å². The molecule has 2 atom stereocenters. The fourth-order valence-electron chi connectivity index (χ4n) is 3.91. The highest BCUT2D eigenvalue weighted by atomic mass is 19.4. The van der Waals surface area contributed by atoms with Gasteiger partial charge in [-0.2, -0.15) is 28.2 Å². The molecule has 174 valence electrons. The second kappa shape index (κ2) is 9.16. The first-order chi connectivity index (χ1) is 15.7. The lowest BCUT2D eigenvalue weighted by molar-refractivity contribution is -0.137. The van der Waals surface area contributed by atoms with Crippen LogP contribution in [0.2, 0.25) is 0 Å². The molecule has 2 aromatic heterocycles. The standard InChI is InChI=1S/C22H21F4N5O2/c1-14-3-2-10-30(19(14)13-33-20-7-4-15(12-27-20)22(24,25)26)21(32)17-6-5-16(23)11-18(17)31-28-8-9-29-31/h4-9,11-12,14,19H,2-3,10,13H2,1H3/t14-,19-/m1/s1. The van der Waals surface area contributed by atoms with Gasteiger partial charge in [-0.05, 0) is 37.0 Å². The smallest absolute Gasteiger partial charge is 0.417 e. The molecule has 0 saturated carbocycles. The minimum Gasteiger partial charge on any atom is -0.475 e. The molecule has 1 aromatic carbocycles. The van der Waals surface area contributed by atoms with Crippen molar-refractivity contribution in [1.82, 2.24) is 24.9 Å². The summed E-state index contributed by atoms with van der Waals surface area (Å²) in [5.74, 6) is -0.748. The fourth-order valence-corrected chi connectivity index (χ4v) is 3.91. The SMILES string of the molecule is C[C@@H]1CCCN(C(=O)c2ccc(F)cc2-n2nccn2)[C@@H]1COc1ccc(C(F)(F)F)cn1. The van der Waals surface area contributed by atoms with E-state index in [1.807, 2.05) is 6.92 Å². The van der Waals surface area contributed by atoms with Crippen molar-refractivity contribution in [3.8, 4) is 11.6 Å². The van der Waals surface area contributed by atoms with Gasteiger partial charge in [0.2, 0.25) is 5.88 Å². The number of carbonyl (C=O) groups is 1. The van der Waals surface area contributed by atoms with E-state index in [0.29, 0.717) is 12.7 Å². The molecule has 0 aliphatic carbocycles. The first-order valence-electron chi connectivity index (χ1n) is 10.4. The predicted octanol–water partition coefficient (Wildman–Crippen LogP) is 4.14. The highest BCUT2D eigenvalue weighted by Gasteiger charge is 2.35.